The van der Waals surface area contributed by atoms with Gasteiger partial charge < -0.3 is 14.7 Å². The summed E-state index contributed by atoms with van der Waals surface area (Å²) in [5, 5.41) is 10.5. The Hall–Kier alpha value is -3.51. The summed E-state index contributed by atoms with van der Waals surface area (Å²) >= 11 is 0. The first-order valence-corrected chi connectivity index (χ1v) is 9.59. The molecular weight excluding hydrogens is 364 g/mol. The number of nitrogens with zero attached hydrogens (tertiary/aromatic N) is 4. The lowest BCUT2D eigenvalue weighted by atomic mass is 10.1. The molecule has 0 bridgehead atoms. The molecule has 1 fully saturated rings. The molecule has 1 saturated heterocycles. The number of anilines is 1. The molecule has 0 saturated carbocycles. The number of aliphatic hydroxyl groups is 1. The SMILES string of the molecule is OCc1cccc(-c2nccnc2OC2CN(c3ccc4ccccc4n3)C2)c1. The van der Waals surface area contributed by atoms with Crippen LogP contribution in [-0.2, 0) is 6.61 Å². The second-order valence-electron chi connectivity index (χ2n) is 7.08. The van der Waals surface area contributed by atoms with Gasteiger partial charge >= 0.3 is 0 Å². The van der Waals surface area contributed by atoms with Crippen molar-refractivity contribution >= 4 is 16.7 Å². The summed E-state index contributed by atoms with van der Waals surface area (Å²) in [6.45, 7) is 1.48. The van der Waals surface area contributed by atoms with Crippen molar-refractivity contribution in [1.82, 2.24) is 15.0 Å². The van der Waals surface area contributed by atoms with Gasteiger partial charge in [-0.05, 0) is 29.8 Å². The van der Waals surface area contributed by atoms with Crippen LogP contribution in [0.3, 0.4) is 0 Å². The molecule has 0 unspecified atom stereocenters. The number of benzene rings is 2. The fraction of sp³-hybridized carbons (Fsp3) is 0.174. The van der Waals surface area contributed by atoms with Crippen molar-refractivity contribution in [3.05, 3.63) is 78.6 Å². The quantitative estimate of drug-likeness (QED) is 0.568. The molecule has 1 N–H and O–H groups in total. The smallest absolute Gasteiger partial charge is 0.240 e. The Bertz CT molecular complexity index is 1160. The van der Waals surface area contributed by atoms with Crippen LogP contribution in [0.1, 0.15) is 5.56 Å². The molecule has 1 aliphatic rings. The summed E-state index contributed by atoms with van der Waals surface area (Å²) in [4.78, 5) is 15.8. The maximum atomic E-state index is 9.40. The molecule has 144 valence electrons. The van der Waals surface area contributed by atoms with Crippen LogP contribution in [0.25, 0.3) is 22.2 Å². The van der Waals surface area contributed by atoms with E-state index in [1.54, 1.807) is 12.4 Å². The van der Waals surface area contributed by atoms with Crippen molar-refractivity contribution < 1.29 is 9.84 Å². The van der Waals surface area contributed by atoms with E-state index in [9.17, 15) is 5.11 Å². The molecule has 5 rings (SSSR count). The fourth-order valence-electron chi connectivity index (χ4n) is 3.52. The summed E-state index contributed by atoms with van der Waals surface area (Å²) in [6.07, 6.45) is 3.32. The molecule has 0 radical (unpaired) electrons. The van der Waals surface area contributed by atoms with Crippen LogP contribution in [0.4, 0.5) is 5.82 Å². The first-order valence-electron chi connectivity index (χ1n) is 9.59. The van der Waals surface area contributed by atoms with Gasteiger partial charge in [-0.25, -0.2) is 15.0 Å². The highest BCUT2D eigenvalue weighted by molar-refractivity contribution is 5.80. The zero-order valence-corrected chi connectivity index (χ0v) is 15.8. The molecule has 0 aliphatic carbocycles. The fourth-order valence-corrected chi connectivity index (χ4v) is 3.52. The van der Waals surface area contributed by atoms with Gasteiger partial charge in [0.2, 0.25) is 5.88 Å². The monoisotopic (exact) mass is 384 g/mol. The van der Waals surface area contributed by atoms with E-state index < -0.39 is 0 Å². The van der Waals surface area contributed by atoms with Crippen molar-refractivity contribution in [3.8, 4) is 17.1 Å². The third-order valence-corrected chi connectivity index (χ3v) is 5.08. The number of para-hydroxylation sites is 1. The predicted molar refractivity (Wildman–Crippen MR) is 112 cm³/mol. The van der Waals surface area contributed by atoms with E-state index in [-0.39, 0.29) is 12.7 Å². The maximum absolute atomic E-state index is 9.40. The zero-order valence-electron chi connectivity index (χ0n) is 15.8. The van der Waals surface area contributed by atoms with E-state index in [0.717, 1.165) is 40.9 Å². The van der Waals surface area contributed by atoms with Crippen molar-refractivity contribution in [3.63, 3.8) is 0 Å². The van der Waals surface area contributed by atoms with Gasteiger partial charge in [0.15, 0.2) is 0 Å². The molecule has 6 nitrogen and oxygen atoms in total. The second kappa shape index (κ2) is 7.48. The Morgan fingerprint density at radius 3 is 2.72 bits per heavy atom. The van der Waals surface area contributed by atoms with Gasteiger partial charge in [-0.3, -0.25) is 0 Å². The number of aliphatic hydroxyl groups excluding tert-OH is 1. The van der Waals surface area contributed by atoms with Gasteiger partial charge in [0.1, 0.15) is 17.6 Å². The Kier molecular flexibility index (Phi) is 4.54. The number of aromatic nitrogens is 3. The van der Waals surface area contributed by atoms with Crippen molar-refractivity contribution in [2.24, 2.45) is 0 Å². The first kappa shape index (κ1) is 17.6. The standard InChI is InChI=1S/C23H20N4O2/c28-15-16-4-3-6-18(12-16)22-23(25-11-10-24-22)29-19-13-27(14-19)21-9-8-17-5-1-2-7-20(17)26-21/h1-12,19,28H,13-15H2. The lowest BCUT2D eigenvalue weighted by Gasteiger charge is -2.39. The lowest BCUT2D eigenvalue weighted by Crippen LogP contribution is -2.54. The molecule has 1 aliphatic heterocycles. The number of pyridine rings is 1. The van der Waals surface area contributed by atoms with E-state index in [4.69, 9.17) is 9.72 Å². The van der Waals surface area contributed by atoms with E-state index in [2.05, 4.69) is 27.0 Å². The number of rotatable bonds is 5. The molecular formula is C23H20N4O2. The molecule has 4 aromatic rings. The van der Waals surface area contributed by atoms with Crippen molar-refractivity contribution in [2.75, 3.05) is 18.0 Å². The van der Waals surface area contributed by atoms with Gasteiger partial charge in [0.05, 0.1) is 25.2 Å². The number of ether oxygens (including phenoxy) is 1. The average molecular weight is 384 g/mol. The van der Waals surface area contributed by atoms with Gasteiger partial charge in [0, 0.05) is 23.3 Å². The summed E-state index contributed by atoms with van der Waals surface area (Å²) in [5.41, 5.74) is 3.39. The average Bonchev–Trinajstić information content (AvgIpc) is 2.76. The van der Waals surface area contributed by atoms with Gasteiger partial charge in [-0.15, -0.1) is 0 Å². The first-order chi connectivity index (χ1) is 14.3. The maximum Gasteiger partial charge on any atom is 0.240 e. The highest BCUT2D eigenvalue weighted by atomic mass is 16.5. The topological polar surface area (TPSA) is 71.4 Å². The highest BCUT2D eigenvalue weighted by Crippen LogP contribution is 2.29. The van der Waals surface area contributed by atoms with E-state index >= 15 is 0 Å². The third kappa shape index (κ3) is 3.50. The minimum Gasteiger partial charge on any atom is -0.469 e. The van der Waals surface area contributed by atoms with Crippen molar-refractivity contribution in [2.45, 2.75) is 12.7 Å². The van der Waals surface area contributed by atoms with Crippen molar-refractivity contribution in [1.29, 1.82) is 0 Å². The molecule has 3 heterocycles. The molecule has 0 atom stereocenters. The van der Waals surface area contributed by atoms with Crippen LogP contribution in [-0.4, -0.2) is 39.3 Å². The highest BCUT2D eigenvalue weighted by Gasteiger charge is 2.31. The normalized spacial score (nSPS) is 14.0. The van der Waals surface area contributed by atoms with E-state index in [1.807, 2.05) is 48.5 Å². The van der Waals surface area contributed by atoms with Crippen LogP contribution in [0.15, 0.2) is 73.1 Å². The van der Waals surface area contributed by atoms with Crippen LogP contribution in [0, 0.1) is 0 Å². The predicted octanol–water partition coefficient (Wildman–Crippen LogP) is 3.45. The van der Waals surface area contributed by atoms with E-state index in [0.29, 0.717) is 11.6 Å². The van der Waals surface area contributed by atoms with Gasteiger partial charge in [0.25, 0.3) is 0 Å². The molecule has 29 heavy (non-hydrogen) atoms. The Balaban J connectivity index is 1.31. The Morgan fingerprint density at radius 2 is 1.83 bits per heavy atom. The molecule has 2 aromatic carbocycles. The van der Waals surface area contributed by atoms with Crippen LogP contribution < -0.4 is 9.64 Å². The minimum atomic E-state index is -0.0133. The third-order valence-electron chi connectivity index (χ3n) is 5.08. The minimum absolute atomic E-state index is 0.0133. The molecule has 2 aromatic heterocycles. The molecule has 6 heteroatoms. The molecule has 0 amide bonds. The van der Waals surface area contributed by atoms with E-state index in [1.165, 1.54) is 0 Å². The lowest BCUT2D eigenvalue weighted by molar-refractivity contribution is 0.160. The zero-order chi connectivity index (χ0) is 19.6. The largest absolute Gasteiger partial charge is 0.469 e. The van der Waals surface area contributed by atoms with Crippen LogP contribution >= 0.6 is 0 Å². The Morgan fingerprint density at radius 1 is 0.966 bits per heavy atom. The molecule has 0 spiro atoms. The second-order valence-corrected chi connectivity index (χ2v) is 7.08. The summed E-state index contributed by atoms with van der Waals surface area (Å²) < 4.78 is 6.14. The number of fused-ring (bicyclic) bond motifs is 1. The van der Waals surface area contributed by atoms with Gasteiger partial charge in [-0.2, -0.15) is 0 Å². The van der Waals surface area contributed by atoms with Gasteiger partial charge in [-0.1, -0.05) is 36.4 Å². The van der Waals surface area contributed by atoms with Crippen LogP contribution in [0.2, 0.25) is 0 Å². The summed E-state index contributed by atoms with van der Waals surface area (Å²) in [5.74, 6) is 1.47. The summed E-state index contributed by atoms with van der Waals surface area (Å²) in [6, 6.07) is 19.9. The Labute approximate surface area is 168 Å². The number of hydrogen-bond acceptors (Lipinski definition) is 6. The number of hydrogen-bond donors (Lipinski definition) is 1. The van der Waals surface area contributed by atoms with Crippen LogP contribution in [0.5, 0.6) is 5.88 Å². The summed E-state index contributed by atoms with van der Waals surface area (Å²) in [7, 11) is 0.